The Morgan fingerprint density at radius 2 is 2.17 bits per heavy atom. The van der Waals surface area contributed by atoms with E-state index in [4.69, 9.17) is 0 Å². The van der Waals surface area contributed by atoms with Gasteiger partial charge in [0.25, 0.3) is 0 Å². The molecule has 1 amide bonds. The molecule has 1 fully saturated rings. The van der Waals surface area contributed by atoms with Crippen molar-refractivity contribution in [3.8, 4) is 0 Å². The molecule has 24 heavy (non-hydrogen) atoms. The predicted octanol–water partition coefficient (Wildman–Crippen LogP) is 3.91. The van der Waals surface area contributed by atoms with Crippen molar-refractivity contribution in [3.63, 3.8) is 0 Å². The summed E-state index contributed by atoms with van der Waals surface area (Å²) in [4.78, 5) is 11.9. The van der Waals surface area contributed by atoms with E-state index in [2.05, 4.69) is 47.7 Å². The van der Waals surface area contributed by atoms with Crippen molar-refractivity contribution in [2.75, 3.05) is 11.1 Å². The summed E-state index contributed by atoms with van der Waals surface area (Å²) in [6.45, 7) is 6.25. The van der Waals surface area contributed by atoms with Gasteiger partial charge in [-0.2, -0.15) is 0 Å². The predicted molar refractivity (Wildman–Crippen MR) is 100 cm³/mol. The van der Waals surface area contributed by atoms with Crippen LogP contribution in [0.2, 0.25) is 0 Å². The maximum absolute atomic E-state index is 11.9. The molecule has 1 aromatic carbocycles. The lowest BCUT2D eigenvalue weighted by Gasteiger charge is -2.11. The average Bonchev–Trinajstić information content (AvgIpc) is 3.31. The highest BCUT2D eigenvalue weighted by molar-refractivity contribution is 8.01. The second-order valence-electron chi connectivity index (χ2n) is 6.23. The Kier molecular flexibility index (Phi) is 5.40. The Balaban J connectivity index is 1.51. The highest BCUT2D eigenvalue weighted by atomic mass is 32.2. The average molecular weight is 363 g/mol. The number of nitrogens with one attached hydrogen (secondary N) is 2. The molecule has 1 atom stereocenters. The lowest BCUT2D eigenvalue weighted by molar-refractivity contribution is -0.119. The van der Waals surface area contributed by atoms with Gasteiger partial charge in [-0.25, -0.2) is 0 Å². The highest BCUT2D eigenvalue weighted by Crippen LogP contribution is 2.32. The van der Waals surface area contributed by atoms with Gasteiger partial charge in [-0.3, -0.25) is 4.79 Å². The number of carbonyl (C=O) groups is 1. The lowest BCUT2D eigenvalue weighted by atomic mass is 10.1. The fourth-order valence-corrected chi connectivity index (χ4v) is 4.03. The first-order valence-electron chi connectivity index (χ1n) is 8.12. The molecule has 0 bridgehead atoms. The Bertz CT molecular complexity index is 727. The van der Waals surface area contributed by atoms with E-state index in [-0.39, 0.29) is 11.9 Å². The number of rotatable bonds is 7. The third-order valence-corrected chi connectivity index (χ3v) is 6.27. The molecule has 2 N–H and O–H groups in total. The van der Waals surface area contributed by atoms with Crippen LogP contribution in [0.1, 0.15) is 30.9 Å². The zero-order chi connectivity index (χ0) is 17.1. The first-order valence-corrected chi connectivity index (χ1v) is 9.92. The van der Waals surface area contributed by atoms with Gasteiger partial charge in [-0.15, -0.1) is 10.2 Å². The number of nitrogens with zero attached hydrogens (tertiary/aromatic N) is 2. The van der Waals surface area contributed by atoms with Crippen LogP contribution in [0, 0.1) is 19.8 Å². The smallest absolute Gasteiger partial charge is 0.230 e. The summed E-state index contributed by atoms with van der Waals surface area (Å²) in [6.07, 6.45) is 2.47. The molecule has 0 spiro atoms. The van der Waals surface area contributed by atoms with Crippen LogP contribution >= 0.6 is 23.1 Å². The van der Waals surface area contributed by atoms with E-state index in [1.165, 1.54) is 47.1 Å². The fraction of sp³-hybridized carbons (Fsp3) is 0.471. The second-order valence-corrected chi connectivity index (χ2v) is 8.43. The van der Waals surface area contributed by atoms with Crippen LogP contribution in [0.15, 0.2) is 22.5 Å². The van der Waals surface area contributed by atoms with Crippen LogP contribution < -0.4 is 10.6 Å². The van der Waals surface area contributed by atoms with Crippen molar-refractivity contribution >= 4 is 39.8 Å². The molecule has 5 nitrogen and oxygen atoms in total. The van der Waals surface area contributed by atoms with Crippen LogP contribution in [0.4, 0.5) is 10.8 Å². The Hall–Kier alpha value is -1.60. The summed E-state index contributed by atoms with van der Waals surface area (Å²) >= 11 is 2.91. The molecular weight excluding hydrogens is 340 g/mol. The fourth-order valence-electron chi connectivity index (χ4n) is 2.46. The number of aromatic nitrogens is 2. The molecule has 1 heterocycles. The van der Waals surface area contributed by atoms with E-state index in [1.807, 2.05) is 12.1 Å². The Morgan fingerprint density at radius 1 is 1.38 bits per heavy atom. The summed E-state index contributed by atoms with van der Waals surface area (Å²) in [5.41, 5.74) is 3.48. The molecule has 128 valence electrons. The molecular formula is C17H22N4OS2. The minimum absolute atomic E-state index is 0.0682. The van der Waals surface area contributed by atoms with Crippen molar-refractivity contribution in [1.82, 2.24) is 15.5 Å². The highest BCUT2D eigenvalue weighted by Gasteiger charge is 2.28. The zero-order valence-electron chi connectivity index (χ0n) is 14.1. The quantitative estimate of drug-likeness (QED) is 0.731. The van der Waals surface area contributed by atoms with Crippen LogP contribution in [0.25, 0.3) is 0 Å². The number of thioether (sulfide) groups is 1. The standard InChI is InChI=1S/C17H22N4OS2/c1-10-5-4-6-14(11(10)2)19-16-20-21-17(24-16)23-9-15(22)18-12(3)13-7-8-13/h4-6,12-13H,7-9H2,1-3H3,(H,18,22)(H,19,20). The summed E-state index contributed by atoms with van der Waals surface area (Å²) < 4.78 is 0.803. The summed E-state index contributed by atoms with van der Waals surface area (Å²) in [5, 5.41) is 15.4. The molecule has 1 unspecified atom stereocenters. The minimum Gasteiger partial charge on any atom is -0.353 e. The number of hydrogen-bond acceptors (Lipinski definition) is 6. The van der Waals surface area contributed by atoms with Crippen molar-refractivity contribution in [2.24, 2.45) is 5.92 Å². The number of carbonyl (C=O) groups excluding carboxylic acids is 1. The van der Waals surface area contributed by atoms with E-state index < -0.39 is 0 Å². The van der Waals surface area contributed by atoms with Gasteiger partial charge in [0.1, 0.15) is 0 Å². The first-order chi connectivity index (χ1) is 11.5. The van der Waals surface area contributed by atoms with E-state index in [0.717, 1.165) is 15.2 Å². The Labute approximate surface area is 150 Å². The summed E-state index contributed by atoms with van der Waals surface area (Å²) in [6, 6.07) is 6.42. The normalized spacial score (nSPS) is 15.1. The Morgan fingerprint density at radius 3 is 2.92 bits per heavy atom. The van der Waals surface area contributed by atoms with E-state index >= 15 is 0 Å². The van der Waals surface area contributed by atoms with Crippen molar-refractivity contribution in [3.05, 3.63) is 29.3 Å². The number of amides is 1. The van der Waals surface area contributed by atoms with Gasteiger partial charge in [-0.1, -0.05) is 35.2 Å². The number of hydrogen-bond donors (Lipinski definition) is 2. The third kappa shape index (κ3) is 4.48. The molecule has 1 aliphatic carbocycles. The van der Waals surface area contributed by atoms with E-state index in [9.17, 15) is 4.79 Å². The van der Waals surface area contributed by atoms with Crippen LogP contribution in [0.5, 0.6) is 0 Å². The summed E-state index contributed by atoms with van der Waals surface area (Å²) in [7, 11) is 0. The van der Waals surface area contributed by atoms with Gasteiger partial charge < -0.3 is 10.6 Å². The number of benzene rings is 1. The van der Waals surface area contributed by atoms with Crippen molar-refractivity contribution in [1.29, 1.82) is 0 Å². The topological polar surface area (TPSA) is 66.9 Å². The molecule has 0 radical (unpaired) electrons. The minimum atomic E-state index is 0.0682. The zero-order valence-corrected chi connectivity index (χ0v) is 15.8. The van der Waals surface area contributed by atoms with Gasteiger partial charge in [0.2, 0.25) is 11.0 Å². The van der Waals surface area contributed by atoms with Gasteiger partial charge in [0, 0.05) is 11.7 Å². The van der Waals surface area contributed by atoms with Crippen LogP contribution in [-0.4, -0.2) is 27.9 Å². The molecule has 1 saturated carbocycles. The van der Waals surface area contributed by atoms with Crippen molar-refractivity contribution in [2.45, 2.75) is 44.0 Å². The summed E-state index contributed by atoms with van der Waals surface area (Å²) in [5.74, 6) is 1.13. The SMILES string of the molecule is Cc1cccc(Nc2nnc(SCC(=O)NC(C)C3CC3)s2)c1C. The molecule has 3 rings (SSSR count). The van der Waals surface area contributed by atoms with Gasteiger partial charge in [0.15, 0.2) is 4.34 Å². The van der Waals surface area contributed by atoms with Crippen LogP contribution in [-0.2, 0) is 4.79 Å². The number of anilines is 2. The molecule has 1 aliphatic rings. The number of aryl methyl sites for hydroxylation is 1. The van der Waals surface area contributed by atoms with Gasteiger partial charge in [-0.05, 0) is 56.7 Å². The second kappa shape index (κ2) is 7.53. The molecule has 7 heteroatoms. The molecule has 2 aromatic rings. The lowest BCUT2D eigenvalue weighted by Crippen LogP contribution is -2.35. The molecule has 0 saturated heterocycles. The van der Waals surface area contributed by atoms with E-state index in [1.54, 1.807) is 0 Å². The molecule has 1 aromatic heterocycles. The maximum Gasteiger partial charge on any atom is 0.230 e. The maximum atomic E-state index is 11.9. The van der Waals surface area contributed by atoms with Crippen LogP contribution in [0.3, 0.4) is 0 Å². The largest absolute Gasteiger partial charge is 0.353 e. The van der Waals surface area contributed by atoms with Gasteiger partial charge in [0.05, 0.1) is 5.75 Å². The van der Waals surface area contributed by atoms with E-state index in [0.29, 0.717) is 11.7 Å². The van der Waals surface area contributed by atoms with Crippen molar-refractivity contribution < 1.29 is 4.79 Å². The van der Waals surface area contributed by atoms with Gasteiger partial charge >= 0.3 is 0 Å². The molecule has 0 aliphatic heterocycles. The first kappa shape index (κ1) is 17.2. The monoisotopic (exact) mass is 362 g/mol. The third-order valence-electron chi connectivity index (χ3n) is 4.30.